The molecule has 4 nitrogen and oxygen atoms in total. The van der Waals surface area contributed by atoms with E-state index in [0.29, 0.717) is 6.61 Å². The van der Waals surface area contributed by atoms with E-state index in [2.05, 4.69) is 17.0 Å². The van der Waals surface area contributed by atoms with Crippen LogP contribution in [0.3, 0.4) is 0 Å². The fourth-order valence-corrected chi connectivity index (χ4v) is 2.03. The first-order valence-corrected chi connectivity index (χ1v) is 5.89. The lowest BCUT2D eigenvalue weighted by atomic mass is 10.1. The van der Waals surface area contributed by atoms with Gasteiger partial charge in [0.2, 0.25) is 0 Å². The number of hydrogen-bond acceptors (Lipinski definition) is 4. The highest BCUT2D eigenvalue weighted by molar-refractivity contribution is 5.27. The van der Waals surface area contributed by atoms with Gasteiger partial charge in [-0.3, -0.25) is 4.90 Å². The van der Waals surface area contributed by atoms with Crippen molar-refractivity contribution in [2.45, 2.75) is 12.6 Å². The summed E-state index contributed by atoms with van der Waals surface area (Å²) in [6, 6.07) is 8.16. The molecule has 1 fully saturated rings. The van der Waals surface area contributed by atoms with Gasteiger partial charge in [-0.05, 0) is 17.7 Å². The fraction of sp³-hybridized carbons (Fsp3) is 0.538. The van der Waals surface area contributed by atoms with Crippen LogP contribution in [-0.2, 0) is 11.3 Å². The van der Waals surface area contributed by atoms with Gasteiger partial charge in [-0.15, -0.1) is 0 Å². The number of rotatable bonds is 4. The normalized spacial score (nSPS) is 21.4. The smallest absolute Gasteiger partial charge is 0.118 e. The summed E-state index contributed by atoms with van der Waals surface area (Å²) in [5.41, 5.74) is 1.23. The van der Waals surface area contributed by atoms with Gasteiger partial charge in [0.05, 0.1) is 33.0 Å². The van der Waals surface area contributed by atoms with Crippen molar-refractivity contribution in [3.05, 3.63) is 29.8 Å². The molecule has 1 aromatic rings. The monoisotopic (exact) mass is 237 g/mol. The molecule has 0 aliphatic carbocycles. The molecule has 0 aromatic heterocycles. The van der Waals surface area contributed by atoms with Gasteiger partial charge in [0.25, 0.3) is 0 Å². The fourth-order valence-electron chi connectivity index (χ4n) is 2.03. The van der Waals surface area contributed by atoms with Crippen molar-refractivity contribution in [1.29, 1.82) is 0 Å². The van der Waals surface area contributed by atoms with Crippen LogP contribution in [0.2, 0.25) is 0 Å². The molecule has 0 unspecified atom stereocenters. The second kappa shape index (κ2) is 6.00. The van der Waals surface area contributed by atoms with Crippen LogP contribution in [0.4, 0.5) is 0 Å². The molecular formula is C13H19NO3. The molecule has 0 amide bonds. The van der Waals surface area contributed by atoms with Crippen LogP contribution in [0, 0.1) is 0 Å². The Morgan fingerprint density at radius 3 is 2.82 bits per heavy atom. The summed E-state index contributed by atoms with van der Waals surface area (Å²) < 4.78 is 10.5. The van der Waals surface area contributed by atoms with E-state index in [4.69, 9.17) is 9.47 Å². The van der Waals surface area contributed by atoms with Crippen molar-refractivity contribution in [2.24, 2.45) is 0 Å². The lowest BCUT2D eigenvalue weighted by molar-refractivity contribution is -0.0312. The van der Waals surface area contributed by atoms with Crippen LogP contribution < -0.4 is 4.74 Å². The third-order valence-corrected chi connectivity index (χ3v) is 3.10. The highest BCUT2D eigenvalue weighted by Gasteiger charge is 2.21. The molecule has 1 heterocycles. The Labute approximate surface area is 102 Å². The Bertz CT molecular complexity index is 339. The highest BCUT2D eigenvalue weighted by atomic mass is 16.5. The van der Waals surface area contributed by atoms with Crippen molar-refractivity contribution in [3.8, 4) is 5.75 Å². The van der Waals surface area contributed by atoms with Crippen LogP contribution in [-0.4, -0.2) is 49.5 Å². The predicted molar refractivity (Wildman–Crippen MR) is 65.1 cm³/mol. The number of morpholine rings is 1. The third kappa shape index (κ3) is 3.19. The molecule has 1 saturated heterocycles. The van der Waals surface area contributed by atoms with E-state index in [0.717, 1.165) is 25.4 Å². The number of aliphatic hydroxyl groups is 1. The van der Waals surface area contributed by atoms with Gasteiger partial charge < -0.3 is 14.6 Å². The first-order chi connectivity index (χ1) is 8.33. The van der Waals surface area contributed by atoms with E-state index in [9.17, 15) is 5.11 Å². The Hall–Kier alpha value is -1.10. The minimum Gasteiger partial charge on any atom is -0.497 e. The van der Waals surface area contributed by atoms with E-state index in [1.807, 2.05) is 12.1 Å². The predicted octanol–water partition coefficient (Wildman–Crippen LogP) is 0.888. The molecule has 1 atom stereocenters. The lowest BCUT2D eigenvalue weighted by Crippen LogP contribution is -2.46. The van der Waals surface area contributed by atoms with Crippen molar-refractivity contribution < 1.29 is 14.6 Å². The summed E-state index contributed by atoms with van der Waals surface area (Å²) in [5, 5.41) is 9.28. The van der Waals surface area contributed by atoms with Gasteiger partial charge >= 0.3 is 0 Å². The summed E-state index contributed by atoms with van der Waals surface area (Å²) in [7, 11) is 1.67. The molecule has 4 heteroatoms. The summed E-state index contributed by atoms with van der Waals surface area (Å²) in [5.74, 6) is 0.870. The number of methoxy groups -OCH3 is 1. The Morgan fingerprint density at radius 2 is 2.18 bits per heavy atom. The van der Waals surface area contributed by atoms with Gasteiger partial charge in [-0.25, -0.2) is 0 Å². The zero-order valence-corrected chi connectivity index (χ0v) is 10.1. The minimum absolute atomic E-state index is 0.117. The van der Waals surface area contributed by atoms with E-state index >= 15 is 0 Å². The average molecular weight is 237 g/mol. The topological polar surface area (TPSA) is 41.9 Å². The van der Waals surface area contributed by atoms with Gasteiger partial charge in [-0.1, -0.05) is 12.1 Å². The molecule has 1 aliphatic rings. The van der Waals surface area contributed by atoms with Crippen LogP contribution in [0.25, 0.3) is 0 Å². The zero-order valence-electron chi connectivity index (χ0n) is 10.1. The van der Waals surface area contributed by atoms with E-state index in [-0.39, 0.29) is 12.6 Å². The lowest BCUT2D eigenvalue weighted by Gasteiger charge is -2.34. The van der Waals surface area contributed by atoms with Crippen LogP contribution in [0.1, 0.15) is 5.56 Å². The molecule has 0 saturated carbocycles. The molecule has 1 N–H and O–H groups in total. The summed E-state index contributed by atoms with van der Waals surface area (Å²) in [6.45, 7) is 3.23. The molecular weight excluding hydrogens is 218 g/mol. The maximum atomic E-state index is 9.28. The minimum atomic E-state index is 0.117. The number of nitrogens with zero attached hydrogens (tertiary/aromatic N) is 1. The Kier molecular flexibility index (Phi) is 4.36. The molecule has 0 radical (unpaired) electrons. The Balaban J connectivity index is 1.98. The number of ether oxygens (including phenoxy) is 2. The van der Waals surface area contributed by atoms with Crippen LogP contribution in [0.15, 0.2) is 24.3 Å². The highest BCUT2D eigenvalue weighted by Crippen LogP contribution is 2.15. The molecule has 2 rings (SSSR count). The summed E-state index contributed by atoms with van der Waals surface area (Å²) in [4.78, 5) is 2.26. The molecule has 1 aromatic carbocycles. The van der Waals surface area contributed by atoms with Gasteiger partial charge in [0, 0.05) is 13.1 Å². The zero-order chi connectivity index (χ0) is 12.1. The average Bonchev–Trinajstić information content (AvgIpc) is 2.40. The number of benzene rings is 1. The van der Waals surface area contributed by atoms with E-state index in [1.54, 1.807) is 7.11 Å². The van der Waals surface area contributed by atoms with E-state index in [1.165, 1.54) is 5.56 Å². The van der Waals surface area contributed by atoms with Gasteiger partial charge in [0.15, 0.2) is 0 Å². The van der Waals surface area contributed by atoms with Crippen molar-refractivity contribution in [1.82, 2.24) is 4.90 Å². The van der Waals surface area contributed by atoms with Crippen LogP contribution >= 0.6 is 0 Å². The second-order valence-corrected chi connectivity index (χ2v) is 4.23. The molecule has 0 bridgehead atoms. The molecule has 94 valence electrons. The second-order valence-electron chi connectivity index (χ2n) is 4.23. The standard InChI is InChI=1S/C13H19NO3/c1-16-13-4-2-11(3-5-13)8-14-6-7-17-10-12(14)9-15/h2-5,12,15H,6-10H2,1H3/t12-/m1/s1. The van der Waals surface area contributed by atoms with Crippen LogP contribution in [0.5, 0.6) is 5.75 Å². The number of aliphatic hydroxyl groups excluding tert-OH is 1. The largest absolute Gasteiger partial charge is 0.497 e. The van der Waals surface area contributed by atoms with Gasteiger partial charge in [0.1, 0.15) is 5.75 Å². The van der Waals surface area contributed by atoms with Crippen molar-refractivity contribution >= 4 is 0 Å². The number of hydrogen-bond donors (Lipinski definition) is 1. The molecule has 0 spiro atoms. The quantitative estimate of drug-likeness (QED) is 0.844. The molecule has 1 aliphatic heterocycles. The SMILES string of the molecule is COc1ccc(CN2CCOC[C@H]2CO)cc1. The summed E-state index contributed by atoms with van der Waals surface area (Å²) >= 11 is 0. The molecule has 17 heavy (non-hydrogen) atoms. The van der Waals surface area contributed by atoms with Crippen molar-refractivity contribution in [3.63, 3.8) is 0 Å². The Morgan fingerprint density at radius 1 is 1.41 bits per heavy atom. The third-order valence-electron chi connectivity index (χ3n) is 3.10. The van der Waals surface area contributed by atoms with E-state index < -0.39 is 0 Å². The first-order valence-electron chi connectivity index (χ1n) is 5.89. The maximum Gasteiger partial charge on any atom is 0.118 e. The van der Waals surface area contributed by atoms with Crippen molar-refractivity contribution in [2.75, 3.05) is 33.5 Å². The van der Waals surface area contributed by atoms with Gasteiger partial charge in [-0.2, -0.15) is 0 Å². The maximum absolute atomic E-state index is 9.28. The first kappa shape index (κ1) is 12.4. The summed E-state index contributed by atoms with van der Waals surface area (Å²) in [6.07, 6.45) is 0.